The van der Waals surface area contributed by atoms with Crippen LogP contribution in [0, 0.1) is 0 Å². The largest absolute Gasteiger partial charge is 0.495 e. The monoisotopic (exact) mass is 370 g/mol. The number of para-hydroxylation sites is 4. The Morgan fingerprint density at radius 1 is 0.852 bits per heavy atom. The Balaban J connectivity index is 1.59. The van der Waals surface area contributed by atoms with Crippen LogP contribution in [0.25, 0.3) is 0 Å². The predicted molar refractivity (Wildman–Crippen MR) is 105 cm³/mol. The molecule has 0 radical (unpaired) electrons. The minimum Gasteiger partial charge on any atom is -0.495 e. The van der Waals surface area contributed by atoms with E-state index in [1.165, 1.54) is 0 Å². The van der Waals surface area contributed by atoms with E-state index in [-0.39, 0.29) is 5.91 Å². The molecule has 27 heavy (non-hydrogen) atoms. The van der Waals surface area contributed by atoms with Gasteiger partial charge in [-0.05, 0) is 31.2 Å². The summed E-state index contributed by atoms with van der Waals surface area (Å²) in [6.45, 7) is 4.59. The van der Waals surface area contributed by atoms with Crippen LogP contribution >= 0.6 is 0 Å². The van der Waals surface area contributed by atoms with E-state index in [1.54, 1.807) is 21.1 Å². The summed E-state index contributed by atoms with van der Waals surface area (Å²) in [6.07, 6.45) is -0.570. The van der Waals surface area contributed by atoms with Crippen LogP contribution in [-0.4, -0.2) is 57.3 Å². The summed E-state index contributed by atoms with van der Waals surface area (Å²) in [6, 6.07) is 15.3. The molecule has 1 aliphatic heterocycles. The molecule has 6 nitrogen and oxygen atoms in total. The molecule has 144 valence electrons. The van der Waals surface area contributed by atoms with E-state index in [0.29, 0.717) is 24.6 Å². The first-order chi connectivity index (χ1) is 13.1. The maximum atomic E-state index is 12.8. The number of piperazine rings is 1. The number of ether oxygens (including phenoxy) is 3. The van der Waals surface area contributed by atoms with Gasteiger partial charge in [0.2, 0.25) is 0 Å². The Bertz CT molecular complexity index is 772. The second-order valence-corrected chi connectivity index (χ2v) is 6.40. The highest BCUT2D eigenvalue weighted by Crippen LogP contribution is 2.29. The van der Waals surface area contributed by atoms with Crippen LogP contribution in [0.1, 0.15) is 6.92 Å². The molecule has 3 rings (SSSR count). The third kappa shape index (κ3) is 4.27. The number of rotatable bonds is 6. The zero-order valence-electron chi connectivity index (χ0n) is 16.1. The maximum absolute atomic E-state index is 12.8. The molecule has 2 aromatic carbocycles. The molecule has 6 heteroatoms. The molecule has 1 aliphatic rings. The van der Waals surface area contributed by atoms with Gasteiger partial charge in [0.15, 0.2) is 17.6 Å². The molecule has 0 aromatic heterocycles. The third-order valence-electron chi connectivity index (χ3n) is 4.74. The smallest absolute Gasteiger partial charge is 0.263 e. The normalized spacial score (nSPS) is 15.2. The Labute approximate surface area is 160 Å². The highest BCUT2D eigenvalue weighted by atomic mass is 16.5. The average molecular weight is 370 g/mol. The molecule has 1 atom stereocenters. The van der Waals surface area contributed by atoms with Crippen molar-refractivity contribution in [3.63, 3.8) is 0 Å². The molecule has 1 fully saturated rings. The molecule has 0 aliphatic carbocycles. The molecule has 0 saturated carbocycles. The van der Waals surface area contributed by atoms with Crippen molar-refractivity contribution in [1.29, 1.82) is 0 Å². The Morgan fingerprint density at radius 2 is 1.41 bits per heavy atom. The Kier molecular flexibility index (Phi) is 6.06. The molecule has 1 heterocycles. The zero-order chi connectivity index (χ0) is 19.2. The maximum Gasteiger partial charge on any atom is 0.263 e. The minimum atomic E-state index is -0.570. The first-order valence-corrected chi connectivity index (χ1v) is 9.10. The van der Waals surface area contributed by atoms with Gasteiger partial charge in [-0.2, -0.15) is 0 Å². The first-order valence-electron chi connectivity index (χ1n) is 9.10. The van der Waals surface area contributed by atoms with Gasteiger partial charge in [-0.25, -0.2) is 0 Å². The summed E-state index contributed by atoms with van der Waals surface area (Å²) < 4.78 is 16.6. The van der Waals surface area contributed by atoms with Crippen molar-refractivity contribution < 1.29 is 19.0 Å². The van der Waals surface area contributed by atoms with Gasteiger partial charge in [0, 0.05) is 26.2 Å². The lowest BCUT2D eigenvalue weighted by molar-refractivity contribution is -0.138. The van der Waals surface area contributed by atoms with E-state index in [2.05, 4.69) is 4.90 Å². The van der Waals surface area contributed by atoms with Crippen molar-refractivity contribution >= 4 is 11.6 Å². The van der Waals surface area contributed by atoms with Crippen molar-refractivity contribution in [3.05, 3.63) is 48.5 Å². The lowest BCUT2D eigenvalue weighted by atomic mass is 10.2. The van der Waals surface area contributed by atoms with E-state index in [0.717, 1.165) is 24.5 Å². The van der Waals surface area contributed by atoms with Crippen molar-refractivity contribution in [2.45, 2.75) is 13.0 Å². The van der Waals surface area contributed by atoms with Crippen molar-refractivity contribution in [1.82, 2.24) is 4.90 Å². The molecular formula is C21H26N2O4. The number of carbonyl (C=O) groups is 1. The van der Waals surface area contributed by atoms with Crippen LogP contribution in [0.5, 0.6) is 17.2 Å². The summed E-state index contributed by atoms with van der Waals surface area (Å²) in [5, 5.41) is 0. The standard InChI is InChI=1S/C21H26N2O4/c1-16(27-20-11-7-6-10-19(20)26-3)21(24)23-14-12-22(13-15-23)17-8-4-5-9-18(17)25-2/h4-11,16H,12-15H2,1-3H3/t16-/m1/s1. The zero-order valence-corrected chi connectivity index (χ0v) is 16.1. The topological polar surface area (TPSA) is 51.2 Å². The number of hydrogen-bond donors (Lipinski definition) is 0. The lowest BCUT2D eigenvalue weighted by Crippen LogP contribution is -2.52. The van der Waals surface area contributed by atoms with E-state index >= 15 is 0 Å². The summed E-state index contributed by atoms with van der Waals surface area (Å²) in [5.74, 6) is 2.04. The average Bonchev–Trinajstić information content (AvgIpc) is 2.73. The second kappa shape index (κ2) is 8.66. The van der Waals surface area contributed by atoms with Gasteiger partial charge in [0.05, 0.1) is 19.9 Å². The number of amides is 1. The molecule has 0 bridgehead atoms. The molecule has 0 spiro atoms. The van der Waals surface area contributed by atoms with Crippen LogP contribution in [0.3, 0.4) is 0 Å². The van der Waals surface area contributed by atoms with Crippen molar-refractivity contribution in [3.8, 4) is 17.2 Å². The predicted octanol–water partition coefficient (Wildman–Crippen LogP) is 2.82. The minimum absolute atomic E-state index is 0.0133. The summed E-state index contributed by atoms with van der Waals surface area (Å²) in [4.78, 5) is 16.9. The fourth-order valence-electron chi connectivity index (χ4n) is 3.27. The van der Waals surface area contributed by atoms with Crippen LogP contribution in [0.2, 0.25) is 0 Å². The van der Waals surface area contributed by atoms with Crippen molar-refractivity contribution in [2.24, 2.45) is 0 Å². The highest BCUT2D eigenvalue weighted by molar-refractivity contribution is 5.81. The second-order valence-electron chi connectivity index (χ2n) is 6.40. The van der Waals surface area contributed by atoms with Gasteiger partial charge in [0.1, 0.15) is 5.75 Å². The van der Waals surface area contributed by atoms with Gasteiger partial charge >= 0.3 is 0 Å². The van der Waals surface area contributed by atoms with Gasteiger partial charge in [-0.15, -0.1) is 0 Å². The van der Waals surface area contributed by atoms with Crippen molar-refractivity contribution in [2.75, 3.05) is 45.3 Å². The van der Waals surface area contributed by atoms with Crippen LogP contribution in [0.4, 0.5) is 5.69 Å². The Hall–Kier alpha value is -2.89. The Morgan fingerprint density at radius 3 is 2.04 bits per heavy atom. The number of nitrogens with zero attached hydrogens (tertiary/aromatic N) is 2. The van der Waals surface area contributed by atoms with Crippen LogP contribution in [0.15, 0.2) is 48.5 Å². The number of hydrogen-bond acceptors (Lipinski definition) is 5. The SMILES string of the molecule is COc1ccccc1O[C@H](C)C(=O)N1CCN(c2ccccc2OC)CC1. The van der Waals surface area contributed by atoms with Gasteiger partial charge in [-0.3, -0.25) is 4.79 Å². The molecule has 0 N–H and O–H groups in total. The number of anilines is 1. The number of benzene rings is 2. The third-order valence-corrected chi connectivity index (χ3v) is 4.74. The fourth-order valence-corrected chi connectivity index (χ4v) is 3.27. The van der Waals surface area contributed by atoms with E-state index in [1.807, 2.05) is 53.4 Å². The van der Waals surface area contributed by atoms with E-state index in [9.17, 15) is 4.79 Å². The summed E-state index contributed by atoms with van der Waals surface area (Å²) >= 11 is 0. The fraction of sp³-hybridized carbons (Fsp3) is 0.381. The molecule has 0 unspecified atom stereocenters. The van der Waals surface area contributed by atoms with E-state index in [4.69, 9.17) is 14.2 Å². The molecule has 1 amide bonds. The van der Waals surface area contributed by atoms with Crippen LogP contribution in [-0.2, 0) is 4.79 Å². The summed E-state index contributed by atoms with van der Waals surface area (Å²) in [7, 11) is 3.27. The first kappa shape index (κ1) is 18.9. The highest BCUT2D eigenvalue weighted by Gasteiger charge is 2.27. The summed E-state index contributed by atoms with van der Waals surface area (Å²) in [5.41, 5.74) is 1.06. The molecule has 2 aromatic rings. The molecule has 1 saturated heterocycles. The lowest BCUT2D eigenvalue weighted by Gasteiger charge is -2.37. The quantitative estimate of drug-likeness (QED) is 0.783. The molecular weight excluding hydrogens is 344 g/mol. The van der Waals surface area contributed by atoms with Gasteiger partial charge < -0.3 is 24.0 Å². The van der Waals surface area contributed by atoms with Gasteiger partial charge in [-0.1, -0.05) is 24.3 Å². The number of carbonyl (C=O) groups excluding carboxylic acids is 1. The van der Waals surface area contributed by atoms with Gasteiger partial charge in [0.25, 0.3) is 5.91 Å². The van der Waals surface area contributed by atoms with E-state index < -0.39 is 6.10 Å². The number of methoxy groups -OCH3 is 2. The van der Waals surface area contributed by atoms with Crippen LogP contribution < -0.4 is 19.1 Å².